The molecule has 1 aromatic rings. The largest absolute Gasteiger partial charge is 0.397 e. The Hall–Kier alpha value is -0.700. The summed E-state index contributed by atoms with van der Waals surface area (Å²) in [4.78, 5) is 2.39. The average molecular weight is 255 g/mol. The van der Waals surface area contributed by atoms with E-state index in [2.05, 4.69) is 39.9 Å². The van der Waals surface area contributed by atoms with Gasteiger partial charge >= 0.3 is 0 Å². The summed E-state index contributed by atoms with van der Waals surface area (Å²) in [6, 6.07) is 6.75. The summed E-state index contributed by atoms with van der Waals surface area (Å²) >= 11 is 3.42. The number of nitrogen functional groups attached to an aromatic ring is 1. The maximum absolute atomic E-state index is 5.99. The van der Waals surface area contributed by atoms with E-state index in [1.165, 1.54) is 18.5 Å². The van der Waals surface area contributed by atoms with Crippen molar-refractivity contribution in [2.45, 2.75) is 25.8 Å². The van der Waals surface area contributed by atoms with E-state index in [9.17, 15) is 0 Å². The van der Waals surface area contributed by atoms with Gasteiger partial charge in [0, 0.05) is 17.1 Å². The van der Waals surface area contributed by atoms with Crippen molar-refractivity contribution in [2.24, 2.45) is 0 Å². The first-order chi connectivity index (χ1) is 6.68. The molecule has 2 N–H and O–H groups in total. The van der Waals surface area contributed by atoms with E-state index in [4.69, 9.17) is 5.73 Å². The van der Waals surface area contributed by atoms with E-state index in [0.717, 1.165) is 16.7 Å². The van der Waals surface area contributed by atoms with Crippen LogP contribution in [0.3, 0.4) is 0 Å². The molecule has 2 nitrogen and oxygen atoms in total. The second-order valence-electron chi connectivity index (χ2n) is 3.89. The summed E-state index contributed by atoms with van der Waals surface area (Å²) < 4.78 is 1.05. The minimum Gasteiger partial charge on any atom is -0.397 e. The molecular formula is C11H15BrN2. The highest BCUT2D eigenvalue weighted by Gasteiger charge is 2.21. The van der Waals surface area contributed by atoms with E-state index < -0.39 is 0 Å². The number of hydrogen-bond donors (Lipinski definition) is 1. The van der Waals surface area contributed by atoms with E-state index in [-0.39, 0.29) is 0 Å². The second kappa shape index (κ2) is 3.81. The zero-order chi connectivity index (χ0) is 10.1. The lowest BCUT2D eigenvalue weighted by molar-refractivity contribution is 0.736. The van der Waals surface area contributed by atoms with Crippen LogP contribution in [0.25, 0.3) is 0 Å². The summed E-state index contributed by atoms with van der Waals surface area (Å²) in [6.45, 7) is 3.39. The van der Waals surface area contributed by atoms with Crippen molar-refractivity contribution in [3.05, 3.63) is 22.7 Å². The van der Waals surface area contributed by atoms with Crippen molar-refractivity contribution in [2.75, 3.05) is 17.2 Å². The third-order valence-electron chi connectivity index (χ3n) is 2.85. The van der Waals surface area contributed by atoms with Crippen LogP contribution in [0.4, 0.5) is 11.4 Å². The third-order valence-corrected chi connectivity index (χ3v) is 3.35. The minimum atomic E-state index is 0.624. The van der Waals surface area contributed by atoms with Gasteiger partial charge in [0.05, 0.1) is 11.4 Å². The van der Waals surface area contributed by atoms with E-state index in [1.807, 2.05) is 6.07 Å². The molecule has 0 amide bonds. The minimum absolute atomic E-state index is 0.624. The molecule has 0 saturated carbocycles. The van der Waals surface area contributed by atoms with Gasteiger partial charge in [0.25, 0.3) is 0 Å². The Balaban J connectivity index is 2.31. The molecule has 2 rings (SSSR count). The zero-order valence-corrected chi connectivity index (χ0v) is 9.92. The molecule has 3 heteroatoms. The summed E-state index contributed by atoms with van der Waals surface area (Å²) in [6.07, 6.45) is 2.55. The zero-order valence-electron chi connectivity index (χ0n) is 8.33. The first-order valence-electron chi connectivity index (χ1n) is 5.00. The molecule has 0 aromatic heterocycles. The van der Waals surface area contributed by atoms with Gasteiger partial charge in [0.2, 0.25) is 0 Å². The molecule has 1 aromatic carbocycles. The SMILES string of the molecule is CC1CCCN1c1ccc(Br)cc1N. The van der Waals surface area contributed by atoms with Crippen LogP contribution in [0.15, 0.2) is 22.7 Å². The molecular weight excluding hydrogens is 240 g/mol. The lowest BCUT2D eigenvalue weighted by Crippen LogP contribution is -2.26. The van der Waals surface area contributed by atoms with Crippen molar-refractivity contribution in [3.63, 3.8) is 0 Å². The Bertz CT molecular complexity index is 338. The highest BCUT2D eigenvalue weighted by atomic mass is 79.9. The van der Waals surface area contributed by atoms with Gasteiger partial charge in [-0.1, -0.05) is 15.9 Å². The standard InChI is InChI=1S/C11H15BrN2/c1-8-3-2-6-14(8)11-5-4-9(12)7-10(11)13/h4-5,7-8H,2-3,6,13H2,1H3. The molecule has 1 fully saturated rings. The summed E-state index contributed by atoms with van der Waals surface area (Å²) in [7, 11) is 0. The first kappa shape index (κ1) is 9.84. The first-order valence-corrected chi connectivity index (χ1v) is 5.79. The van der Waals surface area contributed by atoms with E-state index >= 15 is 0 Å². The Labute approximate surface area is 93.2 Å². The van der Waals surface area contributed by atoms with E-state index in [1.54, 1.807) is 0 Å². The molecule has 0 radical (unpaired) electrons. The number of anilines is 2. The van der Waals surface area contributed by atoms with Crippen LogP contribution in [0.5, 0.6) is 0 Å². The average Bonchev–Trinajstić information content (AvgIpc) is 2.52. The van der Waals surface area contributed by atoms with Crippen LogP contribution < -0.4 is 10.6 Å². The molecule has 1 saturated heterocycles. The van der Waals surface area contributed by atoms with Crippen LogP contribution in [0.2, 0.25) is 0 Å². The maximum atomic E-state index is 5.99. The van der Waals surface area contributed by atoms with E-state index in [0.29, 0.717) is 6.04 Å². The fourth-order valence-electron chi connectivity index (χ4n) is 2.08. The summed E-state index contributed by atoms with van der Waals surface area (Å²) in [5, 5.41) is 0. The van der Waals surface area contributed by atoms with Gasteiger partial charge < -0.3 is 10.6 Å². The van der Waals surface area contributed by atoms with Crippen LogP contribution in [-0.4, -0.2) is 12.6 Å². The lowest BCUT2D eigenvalue weighted by Gasteiger charge is -2.25. The molecule has 1 unspecified atom stereocenters. The molecule has 0 spiro atoms. The van der Waals surface area contributed by atoms with Gasteiger partial charge in [-0.25, -0.2) is 0 Å². The van der Waals surface area contributed by atoms with Crippen LogP contribution in [0, 0.1) is 0 Å². The van der Waals surface area contributed by atoms with Crippen molar-refractivity contribution in [1.82, 2.24) is 0 Å². The fourth-order valence-corrected chi connectivity index (χ4v) is 2.46. The summed E-state index contributed by atoms with van der Waals surface area (Å²) in [5.74, 6) is 0. The molecule has 14 heavy (non-hydrogen) atoms. The molecule has 1 atom stereocenters. The van der Waals surface area contributed by atoms with Crippen molar-refractivity contribution >= 4 is 27.3 Å². The smallest absolute Gasteiger partial charge is 0.0603 e. The molecule has 1 aliphatic heterocycles. The predicted molar refractivity (Wildman–Crippen MR) is 64.6 cm³/mol. The number of nitrogens with zero attached hydrogens (tertiary/aromatic N) is 1. The lowest BCUT2D eigenvalue weighted by atomic mass is 10.2. The number of halogens is 1. The van der Waals surface area contributed by atoms with Crippen LogP contribution >= 0.6 is 15.9 Å². The quantitative estimate of drug-likeness (QED) is 0.781. The Morgan fingerprint density at radius 2 is 2.29 bits per heavy atom. The van der Waals surface area contributed by atoms with Crippen LogP contribution in [0.1, 0.15) is 19.8 Å². The van der Waals surface area contributed by atoms with Crippen molar-refractivity contribution < 1.29 is 0 Å². The van der Waals surface area contributed by atoms with Gasteiger partial charge in [-0.3, -0.25) is 0 Å². The number of benzene rings is 1. The van der Waals surface area contributed by atoms with Gasteiger partial charge in [-0.2, -0.15) is 0 Å². The van der Waals surface area contributed by atoms with Gasteiger partial charge in [0.1, 0.15) is 0 Å². The van der Waals surface area contributed by atoms with Gasteiger partial charge in [-0.05, 0) is 38.0 Å². The second-order valence-corrected chi connectivity index (χ2v) is 4.80. The fraction of sp³-hybridized carbons (Fsp3) is 0.455. The van der Waals surface area contributed by atoms with Gasteiger partial charge in [-0.15, -0.1) is 0 Å². The van der Waals surface area contributed by atoms with Gasteiger partial charge in [0.15, 0.2) is 0 Å². The molecule has 1 heterocycles. The number of hydrogen-bond acceptors (Lipinski definition) is 2. The Morgan fingerprint density at radius 1 is 1.50 bits per heavy atom. The number of rotatable bonds is 1. The summed E-state index contributed by atoms with van der Waals surface area (Å²) in [5.41, 5.74) is 8.04. The van der Waals surface area contributed by atoms with Crippen molar-refractivity contribution in [3.8, 4) is 0 Å². The Morgan fingerprint density at radius 3 is 2.86 bits per heavy atom. The predicted octanol–water partition coefficient (Wildman–Crippen LogP) is 3.02. The number of nitrogens with two attached hydrogens (primary N) is 1. The maximum Gasteiger partial charge on any atom is 0.0603 e. The third kappa shape index (κ3) is 1.73. The topological polar surface area (TPSA) is 29.3 Å². The monoisotopic (exact) mass is 254 g/mol. The van der Waals surface area contributed by atoms with Crippen LogP contribution in [-0.2, 0) is 0 Å². The molecule has 76 valence electrons. The van der Waals surface area contributed by atoms with Crippen molar-refractivity contribution in [1.29, 1.82) is 0 Å². The highest BCUT2D eigenvalue weighted by Crippen LogP contribution is 2.31. The molecule has 0 bridgehead atoms. The molecule has 1 aliphatic rings. The molecule has 0 aliphatic carbocycles. The highest BCUT2D eigenvalue weighted by molar-refractivity contribution is 9.10. The Kier molecular flexibility index (Phi) is 2.68. The normalized spacial score (nSPS) is 21.6.